The van der Waals surface area contributed by atoms with E-state index in [1.165, 1.54) is 25.1 Å². The van der Waals surface area contributed by atoms with Crippen molar-refractivity contribution in [3.05, 3.63) is 16.1 Å². The van der Waals surface area contributed by atoms with Gasteiger partial charge in [0.1, 0.15) is 5.01 Å². The molecule has 0 saturated carbocycles. The molecule has 1 aromatic heterocycles. The zero-order chi connectivity index (χ0) is 12.4. The molecule has 1 aromatic rings. The van der Waals surface area contributed by atoms with Crippen LogP contribution in [-0.2, 0) is 6.54 Å². The number of likely N-dealkylation sites (tertiary alicyclic amines) is 1. The Bertz CT molecular complexity index is 361. The van der Waals surface area contributed by atoms with E-state index in [-0.39, 0.29) is 6.04 Å². The first-order valence-corrected chi connectivity index (χ1v) is 7.38. The van der Waals surface area contributed by atoms with E-state index < -0.39 is 0 Å². The minimum atomic E-state index is 0.0615. The van der Waals surface area contributed by atoms with Crippen LogP contribution >= 0.6 is 11.3 Å². The molecule has 2 rings (SSSR count). The number of hydrogen-bond donors (Lipinski definition) is 1. The maximum absolute atomic E-state index is 5.84. The fraction of sp³-hybridized carbons (Fsp3) is 0.769. The van der Waals surface area contributed by atoms with E-state index in [1.54, 1.807) is 11.3 Å². The van der Waals surface area contributed by atoms with Gasteiger partial charge in [-0.15, -0.1) is 11.3 Å². The number of piperidine rings is 1. The number of rotatable bonds is 3. The molecule has 0 spiro atoms. The van der Waals surface area contributed by atoms with Crippen molar-refractivity contribution in [1.82, 2.24) is 9.88 Å². The predicted octanol–water partition coefficient (Wildman–Crippen LogP) is 2.78. The van der Waals surface area contributed by atoms with Crippen LogP contribution in [0.1, 0.15) is 50.4 Å². The molecule has 0 aromatic carbocycles. The average Bonchev–Trinajstić information content (AvgIpc) is 2.72. The summed E-state index contributed by atoms with van der Waals surface area (Å²) in [4.78, 5) is 7.16. The Morgan fingerprint density at radius 2 is 2.29 bits per heavy atom. The molecule has 4 heteroatoms. The maximum Gasteiger partial charge on any atom is 0.109 e. The lowest BCUT2D eigenvalue weighted by Crippen LogP contribution is -2.40. The highest BCUT2D eigenvalue weighted by atomic mass is 32.1. The van der Waals surface area contributed by atoms with E-state index >= 15 is 0 Å². The van der Waals surface area contributed by atoms with Gasteiger partial charge in [-0.1, -0.05) is 6.92 Å². The standard InChI is InChI=1S/C13H23N3S/c1-9-4-5-10(2)16(6-9)7-12-8-17-13(15-12)11(3)14/h8-11H,4-7,14H2,1-3H3. The zero-order valence-electron chi connectivity index (χ0n) is 11.0. The Balaban J connectivity index is 1.98. The molecule has 96 valence electrons. The normalized spacial score (nSPS) is 28.2. The molecule has 1 saturated heterocycles. The van der Waals surface area contributed by atoms with E-state index in [0.29, 0.717) is 6.04 Å². The van der Waals surface area contributed by atoms with Crippen LogP contribution in [0.5, 0.6) is 0 Å². The Morgan fingerprint density at radius 1 is 1.53 bits per heavy atom. The molecular formula is C13H23N3S. The van der Waals surface area contributed by atoms with Crippen molar-refractivity contribution >= 4 is 11.3 Å². The summed E-state index contributed by atoms with van der Waals surface area (Å²) in [6.45, 7) is 8.84. The summed E-state index contributed by atoms with van der Waals surface area (Å²) in [5.41, 5.74) is 7.03. The lowest BCUT2D eigenvalue weighted by atomic mass is 9.95. The van der Waals surface area contributed by atoms with Crippen molar-refractivity contribution in [3.8, 4) is 0 Å². The Kier molecular flexibility index (Phi) is 4.17. The summed E-state index contributed by atoms with van der Waals surface area (Å²) >= 11 is 1.69. The van der Waals surface area contributed by atoms with Crippen LogP contribution in [0.25, 0.3) is 0 Å². The van der Waals surface area contributed by atoms with Gasteiger partial charge in [0, 0.05) is 24.5 Å². The second kappa shape index (κ2) is 5.46. The van der Waals surface area contributed by atoms with E-state index in [1.807, 2.05) is 6.92 Å². The van der Waals surface area contributed by atoms with E-state index in [4.69, 9.17) is 5.73 Å². The number of nitrogens with two attached hydrogens (primary N) is 1. The van der Waals surface area contributed by atoms with Crippen molar-refractivity contribution in [2.24, 2.45) is 11.7 Å². The average molecular weight is 253 g/mol. The van der Waals surface area contributed by atoms with Gasteiger partial charge in [0.2, 0.25) is 0 Å². The summed E-state index contributed by atoms with van der Waals surface area (Å²) in [5.74, 6) is 0.817. The first kappa shape index (κ1) is 13.0. The van der Waals surface area contributed by atoms with E-state index in [0.717, 1.165) is 17.5 Å². The predicted molar refractivity (Wildman–Crippen MR) is 73.0 cm³/mol. The van der Waals surface area contributed by atoms with Crippen molar-refractivity contribution in [2.75, 3.05) is 6.54 Å². The minimum absolute atomic E-state index is 0.0615. The lowest BCUT2D eigenvalue weighted by molar-refractivity contribution is 0.116. The van der Waals surface area contributed by atoms with Gasteiger partial charge in [-0.3, -0.25) is 4.90 Å². The highest BCUT2D eigenvalue weighted by Crippen LogP contribution is 2.24. The highest BCUT2D eigenvalue weighted by Gasteiger charge is 2.23. The third-order valence-corrected chi connectivity index (χ3v) is 4.67. The molecule has 3 unspecified atom stereocenters. The molecule has 17 heavy (non-hydrogen) atoms. The number of hydrogen-bond acceptors (Lipinski definition) is 4. The van der Waals surface area contributed by atoms with Gasteiger partial charge >= 0.3 is 0 Å². The Labute approximate surface area is 108 Å². The van der Waals surface area contributed by atoms with Gasteiger partial charge < -0.3 is 5.73 Å². The Morgan fingerprint density at radius 3 is 2.94 bits per heavy atom. The summed E-state index contributed by atoms with van der Waals surface area (Å²) in [7, 11) is 0. The maximum atomic E-state index is 5.84. The summed E-state index contributed by atoms with van der Waals surface area (Å²) in [6.07, 6.45) is 2.67. The molecule has 0 aliphatic carbocycles. The molecule has 2 heterocycles. The summed E-state index contributed by atoms with van der Waals surface area (Å²) in [5, 5.41) is 3.21. The van der Waals surface area contributed by atoms with Gasteiger partial charge in [0.05, 0.1) is 11.7 Å². The Hall–Kier alpha value is -0.450. The van der Waals surface area contributed by atoms with Crippen LogP contribution in [-0.4, -0.2) is 22.5 Å². The van der Waals surface area contributed by atoms with Crippen LogP contribution in [0.4, 0.5) is 0 Å². The second-order valence-corrected chi connectivity index (χ2v) is 6.32. The van der Waals surface area contributed by atoms with Crippen molar-refractivity contribution in [1.29, 1.82) is 0 Å². The van der Waals surface area contributed by atoms with Crippen molar-refractivity contribution < 1.29 is 0 Å². The topological polar surface area (TPSA) is 42.1 Å². The van der Waals surface area contributed by atoms with Gasteiger partial charge in [0.15, 0.2) is 0 Å². The van der Waals surface area contributed by atoms with Crippen molar-refractivity contribution in [2.45, 2.75) is 52.2 Å². The highest BCUT2D eigenvalue weighted by molar-refractivity contribution is 7.09. The number of thiazole rings is 1. The van der Waals surface area contributed by atoms with Gasteiger partial charge in [-0.05, 0) is 32.6 Å². The van der Waals surface area contributed by atoms with Gasteiger partial charge in [-0.2, -0.15) is 0 Å². The SMILES string of the molecule is CC1CCC(C)N(Cc2csc(C(C)N)n2)C1. The molecule has 3 atom stereocenters. The van der Waals surface area contributed by atoms with E-state index in [2.05, 4.69) is 29.1 Å². The third kappa shape index (κ3) is 3.27. The molecule has 0 amide bonds. The van der Waals surface area contributed by atoms with Crippen LogP contribution < -0.4 is 5.73 Å². The lowest BCUT2D eigenvalue weighted by Gasteiger charge is -2.36. The molecule has 1 aliphatic heterocycles. The van der Waals surface area contributed by atoms with Gasteiger partial charge in [-0.25, -0.2) is 4.98 Å². The first-order chi connectivity index (χ1) is 8.06. The fourth-order valence-corrected chi connectivity index (χ4v) is 3.18. The van der Waals surface area contributed by atoms with Crippen molar-refractivity contribution in [3.63, 3.8) is 0 Å². The van der Waals surface area contributed by atoms with Crippen LogP contribution in [0.2, 0.25) is 0 Å². The van der Waals surface area contributed by atoms with Crippen LogP contribution in [0, 0.1) is 5.92 Å². The minimum Gasteiger partial charge on any atom is -0.322 e. The summed E-state index contributed by atoms with van der Waals surface area (Å²) in [6, 6.07) is 0.748. The fourth-order valence-electron chi connectivity index (χ4n) is 2.41. The number of nitrogens with zero attached hydrogens (tertiary/aromatic N) is 2. The second-order valence-electron chi connectivity index (χ2n) is 5.43. The quantitative estimate of drug-likeness (QED) is 0.900. The molecule has 0 bridgehead atoms. The molecular weight excluding hydrogens is 230 g/mol. The molecule has 0 radical (unpaired) electrons. The van der Waals surface area contributed by atoms with Gasteiger partial charge in [0.25, 0.3) is 0 Å². The first-order valence-electron chi connectivity index (χ1n) is 6.50. The molecule has 3 nitrogen and oxygen atoms in total. The molecule has 1 fully saturated rings. The monoisotopic (exact) mass is 253 g/mol. The zero-order valence-corrected chi connectivity index (χ0v) is 11.8. The van der Waals surface area contributed by atoms with Crippen LogP contribution in [0.15, 0.2) is 5.38 Å². The largest absolute Gasteiger partial charge is 0.322 e. The van der Waals surface area contributed by atoms with Crippen LogP contribution in [0.3, 0.4) is 0 Å². The molecule has 2 N–H and O–H groups in total. The van der Waals surface area contributed by atoms with E-state index in [9.17, 15) is 0 Å². The molecule has 1 aliphatic rings. The number of aromatic nitrogens is 1. The summed E-state index contributed by atoms with van der Waals surface area (Å²) < 4.78 is 0. The third-order valence-electron chi connectivity index (χ3n) is 3.57. The smallest absolute Gasteiger partial charge is 0.109 e.